The Bertz CT molecular complexity index is 1010. The van der Waals surface area contributed by atoms with Crippen LogP contribution in [0.15, 0.2) is 36.4 Å². The van der Waals surface area contributed by atoms with Crippen LogP contribution in [0.1, 0.15) is 51.5 Å². The topological polar surface area (TPSA) is 65.6 Å². The number of thiocarbonyl (C=S) groups is 1. The van der Waals surface area contributed by atoms with Crippen molar-refractivity contribution in [3.8, 4) is 0 Å². The van der Waals surface area contributed by atoms with Crippen LogP contribution in [-0.2, 0) is 10.2 Å². The molecule has 5 rings (SSSR count). The first kappa shape index (κ1) is 25.2. The molecule has 2 saturated heterocycles. The number of hydrogen-bond acceptors (Lipinski definition) is 6. The molecule has 1 aromatic heterocycles. The summed E-state index contributed by atoms with van der Waals surface area (Å²) in [6.07, 6.45) is 6.16. The van der Waals surface area contributed by atoms with Crippen LogP contribution in [0.3, 0.4) is 0 Å². The van der Waals surface area contributed by atoms with Crippen molar-refractivity contribution >= 4 is 34.9 Å². The summed E-state index contributed by atoms with van der Waals surface area (Å²) in [4.78, 5) is 14.5. The second-order valence-electron chi connectivity index (χ2n) is 11.0. The average Bonchev–Trinajstić information content (AvgIpc) is 3.38. The van der Waals surface area contributed by atoms with Crippen molar-refractivity contribution in [2.45, 2.75) is 51.4 Å². The molecule has 3 heterocycles. The van der Waals surface area contributed by atoms with E-state index < -0.39 is 0 Å². The molecule has 2 aromatic rings. The van der Waals surface area contributed by atoms with Gasteiger partial charge in [0.05, 0.1) is 13.2 Å². The third kappa shape index (κ3) is 5.92. The lowest BCUT2D eigenvalue weighted by molar-refractivity contribution is 0.122. The van der Waals surface area contributed by atoms with Crippen molar-refractivity contribution in [3.63, 3.8) is 0 Å². The molecule has 7 nitrogen and oxygen atoms in total. The van der Waals surface area contributed by atoms with Crippen LogP contribution >= 0.6 is 12.2 Å². The molecule has 36 heavy (non-hydrogen) atoms. The summed E-state index contributed by atoms with van der Waals surface area (Å²) in [6.45, 7) is 10.6. The summed E-state index contributed by atoms with van der Waals surface area (Å²) in [6, 6.07) is 13.0. The zero-order valence-electron chi connectivity index (χ0n) is 21.7. The summed E-state index contributed by atoms with van der Waals surface area (Å²) < 4.78 is 5.58. The van der Waals surface area contributed by atoms with E-state index in [2.05, 4.69) is 70.7 Å². The van der Waals surface area contributed by atoms with Crippen molar-refractivity contribution in [1.82, 2.24) is 15.3 Å². The Morgan fingerprint density at radius 2 is 1.64 bits per heavy atom. The van der Waals surface area contributed by atoms with Crippen LogP contribution in [0.2, 0.25) is 0 Å². The zero-order chi connectivity index (χ0) is 25.0. The zero-order valence-corrected chi connectivity index (χ0v) is 22.5. The Labute approximate surface area is 221 Å². The van der Waals surface area contributed by atoms with Crippen LogP contribution in [0, 0.1) is 11.8 Å². The minimum absolute atomic E-state index is 0.134. The van der Waals surface area contributed by atoms with E-state index in [0.29, 0.717) is 22.9 Å². The highest BCUT2D eigenvalue weighted by Gasteiger charge is 2.35. The quantitative estimate of drug-likeness (QED) is 0.549. The maximum Gasteiger partial charge on any atom is 0.232 e. The SMILES string of the molecule is C[C@@H]1C[C@H](C)CN(c2cc(N3CCOCC3)nc(NC(=S)NCC3(c4ccccc4)CCCC3)n2)C1. The summed E-state index contributed by atoms with van der Waals surface area (Å²) in [5, 5.41) is 7.43. The molecule has 2 atom stereocenters. The lowest BCUT2D eigenvalue weighted by atomic mass is 9.79. The maximum absolute atomic E-state index is 5.76. The summed E-state index contributed by atoms with van der Waals surface area (Å²) in [5.74, 6) is 3.78. The number of morpholine rings is 1. The molecule has 2 N–H and O–H groups in total. The molecule has 3 fully saturated rings. The Kier molecular flexibility index (Phi) is 7.91. The second-order valence-corrected chi connectivity index (χ2v) is 11.4. The van der Waals surface area contributed by atoms with Gasteiger partial charge in [0.25, 0.3) is 0 Å². The molecule has 0 amide bonds. The van der Waals surface area contributed by atoms with Gasteiger partial charge in [-0.25, -0.2) is 0 Å². The Hall–Kier alpha value is -2.45. The van der Waals surface area contributed by atoms with Gasteiger partial charge in [-0.2, -0.15) is 9.97 Å². The van der Waals surface area contributed by atoms with Gasteiger partial charge >= 0.3 is 0 Å². The molecule has 0 radical (unpaired) electrons. The molecule has 2 aliphatic heterocycles. The largest absolute Gasteiger partial charge is 0.378 e. The van der Waals surface area contributed by atoms with Gasteiger partial charge in [-0.05, 0) is 48.9 Å². The number of nitrogens with zero attached hydrogens (tertiary/aromatic N) is 4. The number of benzene rings is 1. The molecule has 3 aliphatic rings. The van der Waals surface area contributed by atoms with Gasteiger partial charge in [0, 0.05) is 44.2 Å². The fraction of sp³-hybridized carbons (Fsp3) is 0.607. The molecule has 0 bridgehead atoms. The molecule has 0 unspecified atom stereocenters. The van der Waals surface area contributed by atoms with E-state index in [1.165, 1.54) is 37.7 Å². The standard InChI is InChI=1S/C28H40N6OS/c1-21-16-22(2)19-34(18-21)25-17-24(33-12-14-35-15-13-33)30-26(31-25)32-27(36)29-20-28(10-6-7-11-28)23-8-4-3-5-9-23/h3-5,8-9,17,21-22H,6-7,10-16,18-20H2,1-2H3,(H2,29,30,31,32,36)/t21-,22+. The number of ether oxygens (including phenoxy) is 1. The van der Waals surface area contributed by atoms with E-state index in [0.717, 1.165) is 57.6 Å². The number of nitrogens with one attached hydrogen (secondary N) is 2. The first-order valence-electron chi connectivity index (χ1n) is 13.6. The lowest BCUT2D eigenvalue weighted by Gasteiger charge is -2.36. The van der Waals surface area contributed by atoms with Crippen molar-refractivity contribution in [2.24, 2.45) is 11.8 Å². The molecular formula is C28H40N6OS. The van der Waals surface area contributed by atoms with Gasteiger partial charge in [0.2, 0.25) is 5.95 Å². The van der Waals surface area contributed by atoms with Gasteiger partial charge in [-0.1, -0.05) is 57.0 Å². The van der Waals surface area contributed by atoms with E-state index in [1.54, 1.807) is 0 Å². The monoisotopic (exact) mass is 508 g/mol. The molecule has 1 aromatic carbocycles. The third-order valence-electron chi connectivity index (χ3n) is 7.99. The minimum Gasteiger partial charge on any atom is -0.378 e. The fourth-order valence-electron chi connectivity index (χ4n) is 6.25. The van der Waals surface area contributed by atoms with Crippen molar-refractivity contribution < 1.29 is 4.74 Å². The molecule has 194 valence electrons. The Balaban J connectivity index is 1.32. The van der Waals surface area contributed by atoms with E-state index in [-0.39, 0.29) is 5.41 Å². The van der Waals surface area contributed by atoms with Gasteiger partial charge in [-0.15, -0.1) is 0 Å². The number of hydrogen-bond donors (Lipinski definition) is 2. The summed E-state index contributed by atoms with van der Waals surface area (Å²) in [7, 11) is 0. The first-order valence-corrected chi connectivity index (χ1v) is 14.0. The highest BCUT2D eigenvalue weighted by Crippen LogP contribution is 2.40. The Morgan fingerprint density at radius 1 is 1.00 bits per heavy atom. The van der Waals surface area contributed by atoms with E-state index in [9.17, 15) is 0 Å². The predicted octanol–water partition coefficient (Wildman–Crippen LogP) is 4.59. The number of rotatable bonds is 6. The minimum atomic E-state index is 0.134. The molecular weight excluding hydrogens is 468 g/mol. The van der Waals surface area contributed by atoms with Crippen LogP contribution in [0.4, 0.5) is 17.6 Å². The van der Waals surface area contributed by atoms with Gasteiger partial charge in [0.15, 0.2) is 5.11 Å². The Morgan fingerprint density at radius 3 is 2.31 bits per heavy atom. The van der Waals surface area contributed by atoms with Crippen LogP contribution in [0.5, 0.6) is 0 Å². The highest BCUT2D eigenvalue weighted by atomic mass is 32.1. The molecule has 1 saturated carbocycles. The van der Waals surface area contributed by atoms with Crippen molar-refractivity contribution in [3.05, 3.63) is 42.0 Å². The van der Waals surface area contributed by atoms with Crippen LogP contribution < -0.4 is 20.4 Å². The van der Waals surface area contributed by atoms with E-state index >= 15 is 0 Å². The van der Waals surface area contributed by atoms with Gasteiger partial charge in [0.1, 0.15) is 11.6 Å². The first-order chi connectivity index (χ1) is 17.5. The molecule has 1 aliphatic carbocycles. The second kappa shape index (κ2) is 11.3. The lowest BCUT2D eigenvalue weighted by Crippen LogP contribution is -2.42. The average molecular weight is 509 g/mol. The number of piperidine rings is 1. The van der Waals surface area contributed by atoms with Crippen molar-refractivity contribution in [1.29, 1.82) is 0 Å². The maximum atomic E-state index is 5.76. The predicted molar refractivity (Wildman–Crippen MR) is 151 cm³/mol. The molecule has 8 heteroatoms. The van der Waals surface area contributed by atoms with Crippen LogP contribution in [-0.4, -0.2) is 61.0 Å². The van der Waals surface area contributed by atoms with E-state index in [1.807, 2.05) is 0 Å². The third-order valence-corrected chi connectivity index (χ3v) is 8.23. The number of aromatic nitrogens is 2. The number of anilines is 3. The van der Waals surface area contributed by atoms with Gasteiger partial charge < -0.3 is 25.2 Å². The fourth-order valence-corrected chi connectivity index (χ4v) is 6.41. The molecule has 0 spiro atoms. The summed E-state index contributed by atoms with van der Waals surface area (Å²) >= 11 is 5.76. The highest BCUT2D eigenvalue weighted by molar-refractivity contribution is 7.80. The van der Waals surface area contributed by atoms with Gasteiger partial charge in [-0.3, -0.25) is 0 Å². The van der Waals surface area contributed by atoms with E-state index in [4.69, 9.17) is 26.9 Å². The van der Waals surface area contributed by atoms with Crippen molar-refractivity contribution in [2.75, 3.05) is 61.1 Å². The summed E-state index contributed by atoms with van der Waals surface area (Å²) in [5.41, 5.74) is 1.54. The smallest absolute Gasteiger partial charge is 0.232 e. The van der Waals surface area contributed by atoms with Crippen LogP contribution in [0.25, 0.3) is 0 Å². The normalized spacial score (nSPS) is 23.9.